The second kappa shape index (κ2) is 6.23. The zero-order chi connectivity index (χ0) is 16.5. The molecule has 1 saturated carbocycles. The van der Waals surface area contributed by atoms with Gasteiger partial charge in [0, 0.05) is 17.9 Å². The highest BCUT2D eigenvalue weighted by atomic mass is 15.1. The van der Waals surface area contributed by atoms with Crippen molar-refractivity contribution in [2.45, 2.75) is 52.0 Å². The maximum absolute atomic E-state index is 4.58. The fourth-order valence-electron chi connectivity index (χ4n) is 3.75. The van der Waals surface area contributed by atoms with Crippen molar-refractivity contribution in [3.63, 3.8) is 0 Å². The third-order valence-corrected chi connectivity index (χ3v) is 5.14. The molecule has 5 nitrogen and oxygen atoms in total. The summed E-state index contributed by atoms with van der Waals surface area (Å²) in [6, 6.07) is 4.55. The number of rotatable bonds is 3. The largest absolute Gasteiger partial charge is 0.367 e. The zero-order valence-corrected chi connectivity index (χ0v) is 14.3. The van der Waals surface area contributed by atoms with Crippen LogP contribution in [0.4, 0.5) is 5.82 Å². The summed E-state index contributed by atoms with van der Waals surface area (Å²) >= 11 is 0. The third kappa shape index (κ3) is 2.54. The van der Waals surface area contributed by atoms with Crippen LogP contribution in [0.1, 0.15) is 43.4 Å². The van der Waals surface area contributed by atoms with E-state index >= 15 is 0 Å². The molecule has 0 spiro atoms. The molecular formula is C19H23N5. The Bertz CT molecular complexity index is 847. The van der Waals surface area contributed by atoms with Gasteiger partial charge in [-0.1, -0.05) is 19.3 Å². The molecule has 0 atom stereocenters. The predicted molar refractivity (Wildman–Crippen MR) is 96.6 cm³/mol. The summed E-state index contributed by atoms with van der Waals surface area (Å²) in [4.78, 5) is 13.4. The summed E-state index contributed by atoms with van der Waals surface area (Å²) in [6.07, 6.45) is 11.8. The van der Waals surface area contributed by atoms with Gasteiger partial charge in [0.15, 0.2) is 5.65 Å². The quantitative estimate of drug-likeness (QED) is 0.786. The molecule has 24 heavy (non-hydrogen) atoms. The van der Waals surface area contributed by atoms with Gasteiger partial charge in [-0.3, -0.25) is 9.55 Å². The van der Waals surface area contributed by atoms with Crippen LogP contribution in [0.5, 0.6) is 0 Å². The van der Waals surface area contributed by atoms with Crippen LogP contribution in [0.2, 0.25) is 0 Å². The van der Waals surface area contributed by atoms with E-state index in [1.807, 2.05) is 12.3 Å². The topological polar surface area (TPSA) is 55.6 Å². The molecule has 1 aliphatic carbocycles. The van der Waals surface area contributed by atoms with Crippen molar-refractivity contribution in [1.82, 2.24) is 19.5 Å². The fraction of sp³-hybridized carbons (Fsp3) is 0.421. The SMILES string of the molecule is Cc1c(C)n(-c2cccnc2)c2ncnc(NC3CCCCC3)c12. The second-order valence-electron chi connectivity index (χ2n) is 6.66. The molecule has 0 radical (unpaired) electrons. The van der Waals surface area contributed by atoms with Gasteiger partial charge >= 0.3 is 0 Å². The van der Waals surface area contributed by atoms with Crippen molar-refractivity contribution in [2.75, 3.05) is 5.32 Å². The van der Waals surface area contributed by atoms with Crippen LogP contribution in [-0.4, -0.2) is 25.6 Å². The highest BCUT2D eigenvalue weighted by Crippen LogP contribution is 2.32. The van der Waals surface area contributed by atoms with E-state index in [-0.39, 0.29) is 0 Å². The Morgan fingerprint density at radius 2 is 1.96 bits per heavy atom. The summed E-state index contributed by atoms with van der Waals surface area (Å²) < 4.78 is 2.17. The lowest BCUT2D eigenvalue weighted by Gasteiger charge is -2.23. The summed E-state index contributed by atoms with van der Waals surface area (Å²) in [7, 11) is 0. The number of hydrogen-bond donors (Lipinski definition) is 1. The van der Waals surface area contributed by atoms with Crippen LogP contribution in [-0.2, 0) is 0 Å². The number of fused-ring (bicyclic) bond motifs is 1. The predicted octanol–water partition coefficient (Wildman–Crippen LogP) is 4.18. The first kappa shape index (κ1) is 15.1. The van der Waals surface area contributed by atoms with Gasteiger partial charge in [0.05, 0.1) is 17.3 Å². The Kier molecular flexibility index (Phi) is 3.92. The van der Waals surface area contributed by atoms with Crippen molar-refractivity contribution < 1.29 is 0 Å². The Labute approximate surface area is 142 Å². The number of hydrogen-bond acceptors (Lipinski definition) is 4. The monoisotopic (exact) mass is 321 g/mol. The Balaban J connectivity index is 1.83. The van der Waals surface area contributed by atoms with Crippen LogP contribution >= 0.6 is 0 Å². The Morgan fingerprint density at radius 1 is 1.12 bits per heavy atom. The van der Waals surface area contributed by atoms with Crippen molar-refractivity contribution in [3.05, 3.63) is 42.1 Å². The Morgan fingerprint density at radius 3 is 2.71 bits per heavy atom. The van der Waals surface area contributed by atoms with Gasteiger partial charge in [-0.2, -0.15) is 0 Å². The van der Waals surface area contributed by atoms with Crippen LogP contribution in [0, 0.1) is 13.8 Å². The molecule has 0 unspecified atom stereocenters. The molecule has 3 aromatic rings. The normalized spacial score (nSPS) is 15.8. The van der Waals surface area contributed by atoms with E-state index in [1.54, 1.807) is 12.5 Å². The minimum atomic E-state index is 0.526. The summed E-state index contributed by atoms with van der Waals surface area (Å²) in [6.45, 7) is 4.29. The van der Waals surface area contributed by atoms with E-state index in [2.05, 4.69) is 44.7 Å². The van der Waals surface area contributed by atoms with Crippen LogP contribution in [0.15, 0.2) is 30.9 Å². The second-order valence-corrected chi connectivity index (χ2v) is 6.66. The minimum absolute atomic E-state index is 0.526. The standard InChI is InChI=1S/C19H23N5/c1-13-14(2)24(16-9-6-10-20-11-16)19-17(13)18(21-12-22-19)23-15-7-4-3-5-8-15/h6,9-12,15H,3-5,7-8H2,1-2H3,(H,21,22,23). The molecule has 0 aliphatic heterocycles. The molecule has 0 amide bonds. The first-order valence-corrected chi connectivity index (χ1v) is 8.75. The van der Waals surface area contributed by atoms with Crippen LogP contribution in [0.3, 0.4) is 0 Å². The minimum Gasteiger partial charge on any atom is -0.367 e. The van der Waals surface area contributed by atoms with E-state index in [9.17, 15) is 0 Å². The lowest BCUT2D eigenvalue weighted by atomic mass is 9.95. The molecule has 0 bridgehead atoms. The number of anilines is 1. The van der Waals surface area contributed by atoms with Crippen molar-refractivity contribution in [1.29, 1.82) is 0 Å². The lowest BCUT2D eigenvalue weighted by Crippen LogP contribution is -2.23. The van der Waals surface area contributed by atoms with Crippen LogP contribution in [0.25, 0.3) is 16.7 Å². The number of pyridine rings is 1. The summed E-state index contributed by atoms with van der Waals surface area (Å²) in [5, 5.41) is 4.81. The number of nitrogens with one attached hydrogen (secondary N) is 1. The van der Waals surface area contributed by atoms with Gasteiger partial charge in [0.1, 0.15) is 12.1 Å². The van der Waals surface area contributed by atoms with Gasteiger partial charge in [-0.05, 0) is 44.4 Å². The maximum atomic E-state index is 4.58. The molecule has 1 N–H and O–H groups in total. The van der Waals surface area contributed by atoms with Crippen molar-refractivity contribution in [3.8, 4) is 5.69 Å². The first-order chi connectivity index (χ1) is 11.8. The first-order valence-electron chi connectivity index (χ1n) is 8.75. The molecule has 4 rings (SSSR count). The van der Waals surface area contributed by atoms with Crippen molar-refractivity contribution >= 4 is 16.9 Å². The molecule has 5 heteroatoms. The molecule has 0 saturated heterocycles. The van der Waals surface area contributed by atoms with Gasteiger partial charge in [-0.25, -0.2) is 9.97 Å². The highest BCUT2D eigenvalue weighted by Gasteiger charge is 2.20. The number of aromatic nitrogens is 4. The zero-order valence-electron chi connectivity index (χ0n) is 14.3. The molecule has 1 aliphatic rings. The van der Waals surface area contributed by atoms with Crippen LogP contribution < -0.4 is 5.32 Å². The molecule has 3 aromatic heterocycles. The number of nitrogens with zero attached hydrogens (tertiary/aromatic N) is 4. The maximum Gasteiger partial charge on any atom is 0.150 e. The number of aryl methyl sites for hydroxylation is 1. The van der Waals surface area contributed by atoms with E-state index in [0.29, 0.717) is 6.04 Å². The van der Waals surface area contributed by atoms with Gasteiger partial charge < -0.3 is 5.32 Å². The van der Waals surface area contributed by atoms with Gasteiger partial charge in [0.2, 0.25) is 0 Å². The Hall–Kier alpha value is -2.43. The van der Waals surface area contributed by atoms with E-state index in [4.69, 9.17) is 0 Å². The molecule has 124 valence electrons. The van der Waals surface area contributed by atoms with E-state index in [1.165, 1.54) is 43.4 Å². The average Bonchev–Trinajstić information content (AvgIpc) is 2.88. The average molecular weight is 321 g/mol. The summed E-state index contributed by atoms with van der Waals surface area (Å²) in [5.41, 5.74) is 4.40. The van der Waals surface area contributed by atoms with Gasteiger partial charge in [-0.15, -0.1) is 0 Å². The lowest BCUT2D eigenvalue weighted by molar-refractivity contribution is 0.462. The molecule has 3 heterocycles. The molecular weight excluding hydrogens is 298 g/mol. The highest BCUT2D eigenvalue weighted by molar-refractivity contribution is 5.93. The smallest absolute Gasteiger partial charge is 0.150 e. The fourth-order valence-corrected chi connectivity index (χ4v) is 3.75. The summed E-state index contributed by atoms with van der Waals surface area (Å²) in [5.74, 6) is 0.968. The van der Waals surface area contributed by atoms with E-state index in [0.717, 1.165) is 22.5 Å². The third-order valence-electron chi connectivity index (χ3n) is 5.14. The van der Waals surface area contributed by atoms with Crippen molar-refractivity contribution in [2.24, 2.45) is 0 Å². The molecule has 0 aromatic carbocycles. The molecule has 1 fully saturated rings. The van der Waals surface area contributed by atoms with Gasteiger partial charge in [0.25, 0.3) is 0 Å². The van der Waals surface area contributed by atoms with E-state index < -0.39 is 0 Å².